The summed E-state index contributed by atoms with van der Waals surface area (Å²) in [6.45, 7) is 4.57. The first-order valence-electron chi connectivity index (χ1n) is 8.26. The summed E-state index contributed by atoms with van der Waals surface area (Å²) in [6.07, 6.45) is 3.11. The van der Waals surface area contributed by atoms with Gasteiger partial charge in [0.25, 0.3) is 0 Å². The number of hydrogen-bond acceptors (Lipinski definition) is 4. The van der Waals surface area contributed by atoms with Crippen molar-refractivity contribution in [2.24, 2.45) is 7.05 Å². The first-order chi connectivity index (χ1) is 12.5. The molecule has 0 unspecified atom stereocenters. The zero-order chi connectivity index (χ0) is 18.7. The third-order valence-corrected chi connectivity index (χ3v) is 4.92. The molecule has 0 radical (unpaired) electrons. The molecule has 0 aliphatic carbocycles. The number of nitrogens with one attached hydrogen (secondary N) is 1. The Hall–Kier alpha value is -2.02. The lowest BCUT2D eigenvalue weighted by Gasteiger charge is -2.31. The van der Waals surface area contributed by atoms with Crippen molar-refractivity contribution in [3.63, 3.8) is 0 Å². The molecule has 2 heterocycles. The maximum atomic E-state index is 12.4. The number of ether oxygens (including phenoxy) is 1. The first kappa shape index (κ1) is 18.8. The van der Waals surface area contributed by atoms with E-state index in [4.69, 9.17) is 27.9 Å². The molecule has 1 saturated heterocycles. The Morgan fingerprint density at radius 1 is 1.31 bits per heavy atom. The average molecular weight is 395 g/mol. The van der Waals surface area contributed by atoms with Crippen molar-refractivity contribution >= 4 is 46.6 Å². The molecule has 3 rings (SSSR count). The van der Waals surface area contributed by atoms with E-state index in [1.54, 1.807) is 17.8 Å². The molecule has 26 heavy (non-hydrogen) atoms. The molecule has 2 aromatic rings. The van der Waals surface area contributed by atoms with Gasteiger partial charge in [0.05, 0.1) is 35.3 Å². The van der Waals surface area contributed by atoms with Gasteiger partial charge in [0.15, 0.2) is 0 Å². The third-order valence-electron chi connectivity index (χ3n) is 4.17. The predicted octanol–water partition coefficient (Wildman–Crippen LogP) is 3.52. The Labute approximate surface area is 162 Å². The first-order valence-corrected chi connectivity index (χ1v) is 9.02. The van der Waals surface area contributed by atoms with E-state index in [0.717, 1.165) is 30.0 Å². The van der Waals surface area contributed by atoms with E-state index in [2.05, 4.69) is 15.3 Å². The summed E-state index contributed by atoms with van der Waals surface area (Å²) < 4.78 is 6.96. The minimum Gasteiger partial charge on any atom is -0.378 e. The molecule has 1 aromatic heterocycles. The van der Waals surface area contributed by atoms with Gasteiger partial charge in [-0.1, -0.05) is 29.3 Å². The maximum Gasteiger partial charge on any atom is 0.248 e. The fourth-order valence-electron chi connectivity index (χ4n) is 2.89. The Morgan fingerprint density at radius 3 is 2.69 bits per heavy atom. The summed E-state index contributed by atoms with van der Waals surface area (Å²) in [5, 5.41) is 8.21. The fourth-order valence-corrected chi connectivity index (χ4v) is 3.43. The number of aromatic nitrogens is 2. The van der Waals surface area contributed by atoms with Crippen LogP contribution in [0.3, 0.4) is 0 Å². The highest BCUT2D eigenvalue weighted by Crippen LogP contribution is 2.34. The number of hydrogen-bond donors (Lipinski definition) is 1. The van der Waals surface area contributed by atoms with Crippen LogP contribution in [-0.2, 0) is 16.6 Å². The number of rotatable bonds is 4. The van der Waals surface area contributed by atoms with Crippen LogP contribution in [-0.4, -0.2) is 42.0 Å². The van der Waals surface area contributed by atoms with Gasteiger partial charge in [-0.25, -0.2) is 0 Å². The number of halogens is 2. The third kappa shape index (κ3) is 4.03. The summed E-state index contributed by atoms with van der Waals surface area (Å²) in [5.74, 6) is -0.263. The van der Waals surface area contributed by atoms with Crippen molar-refractivity contribution in [3.8, 4) is 0 Å². The molecule has 138 valence electrons. The summed E-state index contributed by atoms with van der Waals surface area (Å²) in [5.41, 5.74) is 2.97. The molecule has 1 N–H and O–H groups in total. The van der Waals surface area contributed by atoms with E-state index in [1.165, 1.54) is 6.08 Å². The second-order valence-electron chi connectivity index (χ2n) is 5.97. The molecule has 0 spiro atoms. The van der Waals surface area contributed by atoms with Gasteiger partial charge in [-0.15, -0.1) is 0 Å². The maximum absolute atomic E-state index is 12.4. The number of nitrogens with zero attached hydrogens (tertiary/aromatic N) is 3. The summed E-state index contributed by atoms with van der Waals surface area (Å²) in [4.78, 5) is 14.5. The Kier molecular flexibility index (Phi) is 5.86. The molecule has 1 amide bonds. The molecular weight excluding hydrogens is 375 g/mol. The molecule has 8 heteroatoms. The smallest absolute Gasteiger partial charge is 0.248 e. The lowest BCUT2D eigenvalue weighted by atomic mass is 10.2. The normalized spacial score (nSPS) is 14.8. The molecular formula is C18H20Cl2N4O2. The quantitative estimate of drug-likeness (QED) is 0.805. The van der Waals surface area contributed by atoms with E-state index in [-0.39, 0.29) is 5.91 Å². The van der Waals surface area contributed by atoms with Crippen LogP contribution in [0, 0.1) is 6.92 Å². The van der Waals surface area contributed by atoms with E-state index in [1.807, 2.05) is 25.1 Å². The second-order valence-corrected chi connectivity index (χ2v) is 6.74. The van der Waals surface area contributed by atoms with Crippen LogP contribution in [0.4, 0.5) is 11.4 Å². The van der Waals surface area contributed by atoms with Crippen molar-refractivity contribution in [3.05, 3.63) is 45.7 Å². The number of para-hydroxylation sites is 1. The number of benzene rings is 1. The number of amides is 1. The molecule has 0 bridgehead atoms. The van der Waals surface area contributed by atoms with E-state index in [0.29, 0.717) is 29.1 Å². The van der Waals surface area contributed by atoms with Crippen LogP contribution >= 0.6 is 23.2 Å². The van der Waals surface area contributed by atoms with Gasteiger partial charge in [-0.05, 0) is 25.1 Å². The predicted molar refractivity (Wildman–Crippen MR) is 105 cm³/mol. The summed E-state index contributed by atoms with van der Waals surface area (Å²) in [6, 6.07) is 5.47. The van der Waals surface area contributed by atoms with E-state index in [9.17, 15) is 4.79 Å². The van der Waals surface area contributed by atoms with Gasteiger partial charge in [-0.3, -0.25) is 9.48 Å². The van der Waals surface area contributed by atoms with Gasteiger partial charge < -0.3 is 15.0 Å². The van der Waals surface area contributed by atoms with Crippen LogP contribution in [0.1, 0.15) is 11.3 Å². The number of aryl methyl sites for hydroxylation is 2. The van der Waals surface area contributed by atoms with Crippen LogP contribution in [0.25, 0.3) is 6.08 Å². The van der Waals surface area contributed by atoms with Gasteiger partial charge >= 0.3 is 0 Å². The highest BCUT2D eigenvalue weighted by Gasteiger charge is 2.18. The number of carbonyl (C=O) groups is 1. The van der Waals surface area contributed by atoms with Crippen molar-refractivity contribution in [2.75, 3.05) is 36.5 Å². The SMILES string of the molecule is Cc1nn(C)c(Cl)c1/C=C/C(=O)Nc1cccc(Cl)c1N1CCOCC1. The van der Waals surface area contributed by atoms with Crippen molar-refractivity contribution in [1.29, 1.82) is 0 Å². The summed E-state index contributed by atoms with van der Waals surface area (Å²) in [7, 11) is 1.76. The lowest BCUT2D eigenvalue weighted by molar-refractivity contribution is -0.111. The second kappa shape index (κ2) is 8.12. The highest BCUT2D eigenvalue weighted by molar-refractivity contribution is 6.34. The minimum absolute atomic E-state index is 0.263. The zero-order valence-electron chi connectivity index (χ0n) is 14.6. The molecule has 1 aliphatic rings. The molecule has 1 fully saturated rings. The Morgan fingerprint density at radius 2 is 2.04 bits per heavy atom. The molecule has 1 aliphatic heterocycles. The van der Waals surface area contributed by atoms with Crippen molar-refractivity contribution < 1.29 is 9.53 Å². The van der Waals surface area contributed by atoms with Crippen LogP contribution in [0.5, 0.6) is 0 Å². The molecule has 0 atom stereocenters. The summed E-state index contributed by atoms with van der Waals surface area (Å²) >= 11 is 12.6. The Bertz CT molecular complexity index is 842. The number of morpholine rings is 1. The van der Waals surface area contributed by atoms with E-state index < -0.39 is 0 Å². The zero-order valence-corrected chi connectivity index (χ0v) is 16.1. The largest absolute Gasteiger partial charge is 0.378 e. The van der Waals surface area contributed by atoms with Crippen LogP contribution in [0.15, 0.2) is 24.3 Å². The Balaban J connectivity index is 1.79. The van der Waals surface area contributed by atoms with Gasteiger partial charge in [0.1, 0.15) is 5.15 Å². The van der Waals surface area contributed by atoms with Gasteiger partial charge in [0, 0.05) is 31.8 Å². The van der Waals surface area contributed by atoms with Crippen molar-refractivity contribution in [1.82, 2.24) is 9.78 Å². The monoisotopic (exact) mass is 394 g/mol. The highest BCUT2D eigenvalue weighted by atomic mass is 35.5. The van der Waals surface area contributed by atoms with Gasteiger partial charge in [-0.2, -0.15) is 5.10 Å². The lowest BCUT2D eigenvalue weighted by Crippen LogP contribution is -2.37. The number of carbonyl (C=O) groups excluding carboxylic acids is 1. The fraction of sp³-hybridized carbons (Fsp3) is 0.333. The average Bonchev–Trinajstić information content (AvgIpc) is 2.86. The standard InChI is InChI=1S/C18H20Cl2N4O2/c1-12-13(18(20)23(2)22-12)6-7-16(25)21-15-5-3-4-14(19)17(15)24-8-10-26-11-9-24/h3-7H,8-11H2,1-2H3,(H,21,25)/b7-6+. The molecule has 6 nitrogen and oxygen atoms in total. The minimum atomic E-state index is -0.263. The van der Waals surface area contributed by atoms with Gasteiger partial charge in [0.2, 0.25) is 5.91 Å². The molecule has 0 saturated carbocycles. The van der Waals surface area contributed by atoms with Crippen LogP contribution in [0.2, 0.25) is 10.2 Å². The topological polar surface area (TPSA) is 59.4 Å². The number of anilines is 2. The molecule has 1 aromatic carbocycles. The van der Waals surface area contributed by atoms with Crippen molar-refractivity contribution in [2.45, 2.75) is 6.92 Å². The van der Waals surface area contributed by atoms with E-state index >= 15 is 0 Å². The van der Waals surface area contributed by atoms with Crippen LogP contribution < -0.4 is 10.2 Å².